The number of aryl methyl sites for hydroxylation is 1. The maximum Gasteiger partial charge on any atom is 0.244 e. The van der Waals surface area contributed by atoms with Crippen molar-refractivity contribution < 1.29 is 9.18 Å². The number of anilines is 1. The molecule has 2 aromatic carbocycles. The van der Waals surface area contributed by atoms with E-state index in [1.54, 1.807) is 12.1 Å². The standard InChI is InChI=1S/C15H15FN2O/c1-10-5-2-3-8-13(10)14(15(17)19)18-12-7-4-6-11(16)9-12/h2-9,14,18H,1H3,(H2,17,19). The topological polar surface area (TPSA) is 55.1 Å². The average molecular weight is 258 g/mol. The van der Waals surface area contributed by atoms with Gasteiger partial charge in [-0.25, -0.2) is 4.39 Å². The van der Waals surface area contributed by atoms with Crippen LogP contribution in [0, 0.1) is 12.7 Å². The molecule has 0 aliphatic carbocycles. The molecular weight excluding hydrogens is 243 g/mol. The zero-order chi connectivity index (χ0) is 13.8. The Morgan fingerprint density at radius 2 is 1.95 bits per heavy atom. The third-order valence-electron chi connectivity index (χ3n) is 2.92. The van der Waals surface area contributed by atoms with Gasteiger partial charge in [0, 0.05) is 5.69 Å². The van der Waals surface area contributed by atoms with Gasteiger partial charge >= 0.3 is 0 Å². The number of hydrogen-bond donors (Lipinski definition) is 2. The molecule has 0 aliphatic rings. The van der Waals surface area contributed by atoms with E-state index in [2.05, 4.69) is 5.32 Å². The molecule has 0 bridgehead atoms. The normalized spacial score (nSPS) is 11.9. The molecule has 2 aromatic rings. The van der Waals surface area contributed by atoms with Gasteiger partial charge in [-0.05, 0) is 36.2 Å². The first-order chi connectivity index (χ1) is 9.08. The van der Waals surface area contributed by atoms with Gasteiger partial charge in [-0.2, -0.15) is 0 Å². The van der Waals surface area contributed by atoms with Crippen molar-refractivity contribution in [3.8, 4) is 0 Å². The van der Waals surface area contributed by atoms with Crippen molar-refractivity contribution in [2.45, 2.75) is 13.0 Å². The molecule has 0 saturated heterocycles. The summed E-state index contributed by atoms with van der Waals surface area (Å²) < 4.78 is 13.1. The molecule has 0 spiro atoms. The molecule has 1 atom stereocenters. The lowest BCUT2D eigenvalue weighted by Crippen LogP contribution is -2.28. The van der Waals surface area contributed by atoms with Gasteiger partial charge in [0.25, 0.3) is 0 Å². The second kappa shape index (κ2) is 5.52. The molecule has 1 amide bonds. The van der Waals surface area contributed by atoms with E-state index in [0.717, 1.165) is 11.1 Å². The number of primary amides is 1. The highest BCUT2D eigenvalue weighted by molar-refractivity contribution is 5.84. The van der Waals surface area contributed by atoms with Crippen molar-refractivity contribution in [3.05, 3.63) is 65.5 Å². The lowest BCUT2D eigenvalue weighted by molar-refractivity contribution is -0.118. The van der Waals surface area contributed by atoms with Crippen molar-refractivity contribution in [2.75, 3.05) is 5.32 Å². The molecular formula is C15H15FN2O. The number of amides is 1. The third-order valence-corrected chi connectivity index (χ3v) is 2.92. The number of halogens is 1. The predicted octanol–water partition coefficient (Wildman–Crippen LogP) is 2.77. The van der Waals surface area contributed by atoms with Gasteiger partial charge in [-0.3, -0.25) is 4.79 Å². The van der Waals surface area contributed by atoms with E-state index >= 15 is 0 Å². The first-order valence-corrected chi connectivity index (χ1v) is 5.95. The number of carbonyl (C=O) groups excluding carboxylic acids is 1. The molecule has 2 rings (SSSR count). The molecule has 0 aliphatic heterocycles. The van der Waals surface area contributed by atoms with Crippen LogP contribution in [0.25, 0.3) is 0 Å². The minimum Gasteiger partial charge on any atom is -0.370 e. The fourth-order valence-electron chi connectivity index (χ4n) is 1.96. The summed E-state index contributed by atoms with van der Waals surface area (Å²) in [4.78, 5) is 11.6. The summed E-state index contributed by atoms with van der Waals surface area (Å²) in [6.07, 6.45) is 0. The van der Waals surface area contributed by atoms with Crippen LogP contribution in [0.5, 0.6) is 0 Å². The fraction of sp³-hybridized carbons (Fsp3) is 0.133. The van der Waals surface area contributed by atoms with E-state index in [-0.39, 0.29) is 5.82 Å². The van der Waals surface area contributed by atoms with Crippen LogP contribution < -0.4 is 11.1 Å². The zero-order valence-electron chi connectivity index (χ0n) is 10.6. The minimum absolute atomic E-state index is 0.363. The van der Waals surface area contributed by atoms with Gasteiger partial charge in [-0.15, -0.1) is 0 Å². The molecule has 0 aromatic heterocycles. The van der Waals surface area contributed by atoms with Crippen LogP contribution in [-0.4, -0.2) is 5.91 Å². The first-order valence-electron chi connectivity index (χ1n) is 5.95. The van der Waals surface area contributed by atoms with E-state index in [4.69, 9.17) is 5.73 Å². The van der Waals surface area contributed by atoms with Crippen LogP contribution in [-0.2, 0) is 4.79 Å². The van der Waals surface area contributed by atoms with Gasteiger partial charge in [0.2, 0.25) is 5.91 Å². The smallest absolute Gasteiger partial charge is 0.244 e. The lowest BCUT2D eigenvalue weighted by atomic mass is 10.0. The monoisotopic (exact) mass is 258 g/mol. The summed E-state index contributed by atoms with van der Waals surface area (Å²) in [5.41, 5.74) is 7.69. The van der Waals surface area contributed by atoms with Gasteiger partial charge in [-0.1, -0.05) is 30.3 Å². The van der Waals surface area contributed by atoms with Crippen LogP contribution in [0.2, 0.25) is 0 Å². The molecule has 19 heavy (non-hydrogen) atoms. The highest BCUT2D eigenvalue weighted by atomic mass is 19.1. The Bertz CT molecular complexity index is 598. The quantitative estimate of drug-likeness (QED) is 0.886. The van der Waals surface area contributed by atoms with Crippen molar-refractivity contribution in [1.29, 1.82) is 0 Å². The molecule has 98 valence electrons. The zero-order valence-corrected chi connectivity index (χ0v) is 10.6. The Balaban J connectivity index is 2.32. The number of nitrogens with one attached hydrogen (secondary N) is 1. The summed E-state index contributed by atoms with van der Waals surface area (Å²) in [5, 5.41) is 2.96. The van der Waals surface area contributed by atoms with E-state index in [9.17, 15) is 9.18 Å². The van der Waals surface area contributed by atoms with Gasteiger partial charge in [0.05, 0.1) is 0 Å². The van der Waals surface area contributed by atoms with E-state index in [0.29, 0.717) is 5.69 Å². The third kappa shape index (κ3) is 3.10. The number of rotatable bonds is 4. The van der Waals surface area contributed by atoms with Gasteiger partial charge in [0.15, 0.2) is 0 Å². The van der Waals surface area contributed by atoms with E-state index in [1.165, 1.54) is 12.1 Å². The Labute approximate surface area is 111 Å². The Morgan fingerprint density at radius 1 is 1.21 bits per heavy atom. The van der Waals surface area contributed by atoms with Crippen molar-refractivity contribution in [1.82, 2.24) is 0 Å². The maximum absolute atomic E-state index is 13.1. The molecule has 1 unspecified atom stereocenters. The molecule has 4 heteroatoms. The average Bonchev–Trinajstić information content (AvgIpc) is 2.37. The Hall–Kier alpha value is -2.36. The van der Waals surface area contributed by atoms with Crippen molar-refractivity contribution >= 4 is 11.6 Å². The van der Waals surface area contributed by atoms with Crippen LogP contribution in [0.4, 0.5) is 10.1 Å². The maximum atomic E-state index is 13.1. The Kier molecular flexibility index (Phi) is 3.80. The second-order valence-corrected chi connectivity index (χ2v) is 4.35. The number of benzene rings is 2. The molecule has 3 N–H and O–H groups in total. The summed E-state index contributed by atoms with van der Waals surface area (Å²) in [7, 11) is 0. The first kappa shape index (κ1) is 13.1. The second-order valence-electron chi connectivity index (χ2n) is 4.35. The number of hydrogen-bond acceptors (Lipinski definition) is 2. The highest BCUT2D eigenvalue weighted by Crippen LogP contribution is 2.22. The molecule has 3 nitrogen and oxygen atoms in total. The fourth-order valence-corrected chi connectivity index (χ4v) is 1.96. The number of carbonyl (C=O) groups is 1. The summed E-state index contributed by atoms with van der Waals surface area (Å²) >= 11 is 0. The Morgan fingerprint density at radius 3 is 2.58 bits per heavy atom. The van der Waals surface area contributed by atoms with Crippen LogP contribution in [0.15, 0.2) is 48.5 Å². The van der Waals surface area contributed by atoms with Crippen molar-refractivity contribution in [2.24, 2.45) is 5.73 Å². The summed E-state index contributed by atoms with van der Waals surface area (Å²) in [6.45, 7) is 1.90. The summed E-state index contributed by atoms with van der Waals surface area (Å²) in [6, 6.07) is 12.7. The SMILES string of the molecule is Cc1ccccc1C(Nc1cccc(F)c1)C(N)=O. The van der Waals surface area contributed by atoms with Gasteiger partial charge < -0.3 is 11.1 Å². The van der Waals surface area contributed by atoms with Crippen LogP contribution in [0.1, 0.15) is 17.2 Å². The summed E-state index contributed by atoms with van der Waals surface area (Å²) in [5.74, 6) is -0.864. The largest absolute Gasteiger partial charge is 0.370 e. The van der Waals surface area contributed by atoms with E-state index in [1.807, 2.05) is 31.2 Å². The van der Waals surface area contributed by atoms with Crippen LogP contribution >= 0.6 is 0 Å². The van der Waals surface area contributed by atoms with E-state index < -0.39 is 11.9 Å². The lowest BCUT2D eigenvalue weighted by Gasteiger charge is -2.19. The highest BCUT2D eigenvalue weighted by Gasteiger charge is 2.19. The van der Waals surface area contributed by atoms with Crippen LogP contribution in [0.3, 0.4) is 0 Å². The molecule has 0 fully saturated rings. The molecule has 0 radical (unpaired) electrons. The predicted molar refractivity (Wildman–Crippen MR) is 73.1 cm³/mol. The van der Waals surface area contributed by atoms with Crippen molar-refractivity contribution in [3.63, 3.8) is 0 Å². The molecule has 0 saturated carbocycles. The van der Waals surface area contributed by atoms with Gasteiger partial charge in [0.1, 0.15) is 11.9 Å². The molecule has 0 heterocycles. The minimum atomic E-state index is -0.678. The number of nitrogens with two attached hydrogens (primary N) is 1.